The van der Waals surface area contributed by atoms with Gasteiger partial charge in [-0.05, 0) is 36.7 Å². The number of pyridine rings is 1. The third-order valence-electron chi connectivity index (χ3n) is 5.34. The summed E-state index contributed by atoms with van der Waals surface area (Å²) in [7, 11) is -0.763. The van der Waals surface area contributed by atoms with Gasteiger partial charge >= 0.3 is 0 Å². The molecule has 2 nitrogen and oxygen atoms in total. The van der Waals surface area contributed by atoms with E-state index in [1.54, 1.807) is 0 Å². The molecule has 0 amide bonds. The van der Waals surface area contributed by atoms with Crippen LogP contribution in [0.1, 0.15) is 11.3 Å². The van der Waals surface area contributed by atoms with Gasteiger partial charge in [-0.2, -0.15) is 0 Å². The van der Waals surface area contributed by atoms with Crippen LogP contribution in [-0.4, -0.2) is 10.7 Å². The van der Waals surface area contributed by atoms with E-state index in [4.69, 9.17) is 4.99 Å². The highest BCUT2D eigenvalue weighted by Crippen LogP contribution is 2.36. The molecule has 0 bridgehead atoms. The predicted molar refractivity (Wildman–Crippen MR) is 141 cm³/mol. The average Bonchev–Trinajstić information content (AvgIpc) is 2.90. The molecule has 1 aromatic heterocycles. The molecule has 4 aromatic carbocycles. The van der Waals surface area contributed by atoms with E-state index in [1.807, 2.05) is 42.6 Å². The van der Waals surface area contributed by atoms with E-state index >= 15 is 0 Å². The van der Waals surface area contributed by atoms with Crippen molar-refractivity contribution in [3.63, 3.8) is 0 Å². The Kier molecular flexibility index (Phi) is 6.47. The maximum atomic E-state index is 5.24. The molecule has 158 valence electrons. The zero-order chi connectivity index (χ0) is 22.3. The number of aromatic nitrogens is 1. The van der Waals surface area contributed by atoms with E-state index in [-0.39, 0.29) is 0 Å². The molecule has 0 atom stereocenters. The summed E-state index contributed by atoms with van der Waals surface area (Å²) < 4.78 is 0. The van der Waals surface area contributed by atoms with Gasteiger partial charge < -0.3 is 0 Å². The summed E-state index contributed by atoms with van der Waals surface area (Å²) in [6.45, 7) is 0. The average molecular weight is 443 g/mol. The summed E-state index contributed by atoms with van der Waals surface area (Å²) in [5, 5.41) is 3.84. The van der Waals surface area contributed by atoms with E-state index in [1.165, 1.54) is 15.9 Å². The summed E-state index contributed by atoms with van der Waals surface area (Å²) in [4.78, 5) is 9.86. The molecule has 0 saturated heterocycles. The fraction of sp³-hybridized carbons (Fsp3) is 0. The number of hydrogen-bond acceptors (Lipinski definition) is 2. The lowest BCUT2D eigenvalue weighted by Crippen LogP contribution is -2.21. The maximum absolute atomic E-state index is 5.24. The molecule has 5 rings (SSSR count). The van der Waals surface area contributed by atoms with E-state index < -0.39 is 7.92 Å². The van der Waals surface area contributed by atoms with Crippen LogP contribution < -0.4 is 15.9 Å². The lowest BCUT2D eigenvalue weighted by Gasteiger charge is -2.21. The van der Waals surface area contributed by atoms with Gasteiger partial charge in [0.2, 0.25) is 0 Å². The number of para-hydroxylation sites is 1. The fourth-order valence-electron chi connectivity index (χ4n) is 3.82. The highest BCUT2D eigenvalue weighted by molar-refractivity contribution is 7.80. The Bertz CT molecular complexity index is 1250. The van der Waals surface area contributed by atoms with Crippen LogP contribution in [0.5, 0.6) is 0 Å². The van der Waals surface area contributed by atoms with Crippen LogP contribution in [-0.2, 0) is 0 Å². The third kappa shape index (κ3) is 4.82. The summed E-state index contributed by atoms with van der Waals surface area (Å²) >= 11 is 0. The highest BCUT2D eigenvalue weighted by atomic mass is 31.1. The van der Waals surface area contributed by atoms with Crippen LogP contribution in [0.3, 0.4) is 0 Å². The Labute approximate surface area is 196 Å². The number of hydrogen-bond donors (Lipinski definition) is 0. The molecule has 3 heteroatoms. The first-order valence-corrected chi connectivity index (χ1v) is 12.3. The molecule has 1 heterocycles. The third-order valence-corrected chi connectivity index (χ3v) is 7.83. The summed E-state index contributed by atoms with van der Waals surface area (Å²) in [5.41, 5.74) is 3.76. The first-order chi connectivity index (χ1) is 16.4. The minimum atomic E-state index is -0.763. The standard InChI is InChI=1S/C30H23N2P/c1-4-14-24(15-5-1)30(28-21-12-13-23-31-28)32-27-20-10-11-22-29(27)33(25-16-6-2-7-17-25)26-18-8-3-9-19-26/h1-23H. The van der Waals surface area contributed by atoms with Gasteiger partial charge in [0.1, 0.15) is 0 Å². The Balaban J connectivity index is 1.71. The molecule has 33 heavy (non-hydrogen) atoms. The van der Waals surface area contributed by atoms with Crippen LogP contribution in [0, 0.1) is 0 Å². The quantitative estimate of drug-likeness (QED) is 0.234. The number of aliphatic imine (C=N–C) groups is 1. The van der Waals surface area contributed by atoms with Crippen molar-refractivity contribution in [3.8, 4) is 0 Å². The monoisotopic (exact) mass is 442 g/mol. The lowest BCUT2D eigenvalue weighted by atomic mass is 10.1. The Morgan fingerprint density at radius 1 is 0.545 bits per heavy atom. The minimum absolute atomic E-state index is 0.763. The van der Waals surface area contributed by atoms with Crippen molar-refractivity contribution in [1.82, 2.24) is 4.98 Å². The van der Waals surface area contributed by atoms with Crippen molar-refractivity contribution in [2.75, 3.05) is 0 Å². The molecule has 0 unspecified atom stereocenters. The second-order valence-electron chi connectivity index (χ2n) is 7.54. The fourth-order valence-corrected chi connectivity index (χ4v) is 6.20. The molecule has 0 aliphatic rings. The topological polar surface area (TPSA) is 25.2 Å². The van der Waals surface area contributed by atoms with E-state index in [0.717, 1.165) is 22.7 Å². The molecule has 5 aromatic rings. The number of rotatable bonds is 6. The number of benzene rings is 4. The Morgan fingerprint density at radius 2 is 1.09 bits per heavy atom. The lowest BCUT2D eigenvalue weighted by molar-refractivity contribution is 1.28. The van der Waals surface area contributed by atoms with Gasteiger partial charge in [0.05, 0.1) is 17.1 Å². The highest BCUT2D eigenvalue weighted by Gasteiger charge is 2.20. The van der Waals surface area contributed by atoms with E-state index in [9.17, 15) is 0 Å². The van der Waals surface area contributed by atoms with Crippen molar-refractivity contribution >= 4 is 35.2 Å². The zero-order valence-electron chi connectivity index (χ0n) is 18.1. The summed E-state index contributed by atoms with van der Waals surface area (Å²) in [5.74, 6) is 0. The second kappa shape index (κ2) is 10.2. The molecular formula is C30H23N2P. The van der Waals surface area contributed by atoms with Crippen LogP contribution in [0.25, 0.3) is 0 Å². The van der Waals surface area contributed by atoms with E-state index in [0.29, 0.717) is 0 Å². The first kappa shape index (κ1) is 21.0. The predicted octanol–water partition coefficient (Wildman–Crippen LogP) is 6.01. The van der Waals surface area contributed by atoms with Crippen molar-refractivity contribution < 1.29 is 0 Å². The normalized spacial score (nSPS) is 11.5. The summed E-state index contributed by atoms with van der Waals surface area (Å²) in [6, 6.07) is 46.2. The SMILES string of the molecule is c1ccc(C(=Nc2ccccc2P(c2ccccc2)c2ccccc2)c2ccccn2)cc1. The Hall–Kier alpha value is -3.87. The minimum Gasteiger partial charge on any atom is -0.255 e. The summed E-state index contributed by atoms with van der Waals surface area (Å²) in [6.07, 6.45) is 1.82. The molecule has 0 fully saturated rings. The molecule has 0 saturated carbocycles. The Morgan fingerprint density at radius 3 is 1.70 bits per heavy atom. The van der Waals surface area contributed by atoms with Crippen molar-refractivity contribution in [2.24, 2.45) is 4.99 Å². The van der Waals surface area contributed by atoms with E-state index in [2.05, 4.69) is 102 Å². The number of nitrogens with zero attached hydrogens (tertiary/aromatic N) is 2. The van der Waals surface area contributed by atoms with Gasteiger partial charge in [-0.15, -0.1) is 0 Å². The van der Waals surface area contributed by atoms with Gasteiger partial charge in [-0.25, -0.2) is 4.99 Å². The molecule has 0 aliphatic carbocycles. The van der Waals surface area contributed by atoms with Crippen LogP contribution in [0.2, 0.25) is 0 Å². The van der Waals surface area contributed by atoms with Gasteiger partial charge in [-0.3, -0.25) is 4.98 Å². The van der Waals surface area contributed by atoms with Gasteiger partial charge in [0, 0.05) is 17.1 Å². The van der Waals surface area contributed by atoms with Crippen molar-refractivity contribution in [3.05, 3.63) is 151 Å². The van der Waals surface area contributed by atoms with Crippen molar-refractivity contribution in [2.45, 2.75) is 0 Å². The van der Waals surface area contributed by atoms with Crippen LogP contribution >= 0.6 is 7.92 Å². The molecule has 0 radical (unpaired) electrons. The zero-order valence-corrected chi connectivity index (χ0v) is 19.0. The van der Waals surface area contributed by atoms with Crippen molar-refractivity contribution in [1.29, 1.82) is 0 Å². The van der Waals surface area contributed by atoms with Gasteiger partial charge in [0.15, 0.2) is 0 Å². The van der Waals surface area contributed by atoms with Gasteiger partial charge in [-0.1, -0.05) is 115 Å². The maximum Gasteiger partial charge on any atom is 0.0965 e. The molecule has 0 aliphatic heterocycles. The van der Waals surface area contributed by atoms with Crippen LogP contribution in [0.4, 0.5) is 5.69 Å². The molecular weight excluding hydrogens is 419 g/mol. The molecule has 0 spiro atoms. The largest absolute Gasteiger partial charge is 0.255 e. The first-order valence-electron chi connectivity index (χ1n) is 10.9. The smallest absolute Gasteiger partial charge is 0.0965 e. The van der Waals surface area contributed by atoms with Crippen LogP contribution in [0.15, 0.2) is 145 Å². The molecule has 0 N–H and O–H groups in total. The second-order valence-corrected chi connectivity index (χ2v) is 9.72. The van der Waals surface area contributed by atoms with Gasteiger partial charge in [0.25, 0.3) is 0 Å².